The third-order valence-electron chi connectivity index (χ3n) is 4.79. The molecule has 33 heavy (non-hydrogen) atoms. The predicted molar refractivity (Wildman–Crippen MR) is 125 cm³/mol. The van der Waals surface area contributed by atoms with Gasteiger partial charge in [-0.15, -0.1) is 0 Å². The smallest absolute Gasteiger partial charge is 0.429 e. The molecule has 9 nitrogen and oxygen atoms in total. The van der Waals surface area contributed by atoms with Crippen molar-refractivity contribution in [2.24, 2.45) is 11.7 Å². The topological polar surface area (TPSA) is 114 Å². The zero-order chi connectivity index (χ0) is 24.6. The van der Waals surface area contributed by atoms with Crippen molar-refractivity contribution < 1.29 is 23.9 Å². The largest absolute Gasteiger partial charge is 0.445 e. The standard InChI is InChI=1S/C24H36N4O5/c1-17(2)14-20(25)21(29)26-28(23(31)33-24(3,4)5)15-19-12-9-13-27(19)22(30)32-16-18-10-7-6-8-11-18/h6-12,17,19-20H,13-16,25H2,1-5H3,(H,26,29)/t19-,20-/m0/s1. The molecule has 1 aromatic rings. The lowest BCUT2D eigenvalue weighted by Crippen LogP contribution is -2.56. The average Bonchev–Trinajstić information content (AvgIpc) is 3.18. The fourth-order valence-corrected chi connectivity index (χ4v) is 3.24. The normalized spacial score (nSPS) is 16.5. The van der Waals surface area contributed by atoms with Gasteiger partial charge in [0.2, 0.25) is 0 Å². The van der Waals surface area contributed by atoms with Crippen molar-refractivity contribution in [3.8, 4) is 0 Å². The van der Waals surface area contributed by atoms with Gasteiger partial charge < -0.3 is 15.2 Å². The van der Waals surface area contributed by atoms with Gasteiger partial charge in [0.15, 0.2) is 0 Å². The van der Waals surface area contributed by atoms with Crippen LogP contribution in [0.1, 0.15) is 46.6 Å². The maximum Gasteiger partial charge on any atom is 0.429 e. The summed E-state index contributed by atoms with van der Waals surface area (Å²) in [7, 11) is 0. The molecule has 3 amide bonds. The van der Waals surface area contributed by atoms with Gasteiger partial charge in [-0.25, -0.2) is 14.6 Å². The molecule has 0 saturated heterocycles. The van der Waals surface area contributed by atoms with Crippen molar-refractivity contribution in [1.29, 1.82) is 0 Å². The Hall–Kier alpha value is -3.07. The Kier molecular flexibility index (Phi) is 9.28. The van der Waals surface area contributed by atoms with Crippen molar-refractivity contribution in [2.75, 3.05) is 13.1 Å². The van der Waals surface area contributed by atoms with Gasteiger partial charge in [-0.3, -0.25) is 15.1 Å². The summed E-state index contributed by atoms with van der Waals surface area (Å²) >= 11 is 0. The molecule has 1 aliphatic rings. The first kappa shape index (κ1) is 26.2. The molecule has 0 saturated carbocycles. The second-order valence-corrected chi connectivity index (χ2v) is 9.49. The molecule has 0 unspecified atom stereocenters. The van der Waals surface area contributed by atoms with Crippen LogP contribution in [0.4, 0.5) is 9.59 Å². The van der Waals surface area contributed by atoms with Crippen LogP contribution in [0.2, 0.25) is 0 Å². The number of nitrogens with one attached hydrogen (secondary N) is 1. The number of hydrogen-bond acceptors (Lipinski definition) is 6. The quantitative estimate of drug-likeness (QED) is 0.477. The molecule has 2 atom stereocenters. The number of nitrogens with zero attached hydrogens (tertiary/aromatic N) is 2. The minimum atomic E-state index is -0.777. The van der Waals surface area contributed by atoms with E-state index in [1.165, 1.54) is 4.90 Å². The van der Waals surface area contributed by atoms with E-state index in [1.807, 2.05) is 50.3 Å². The lowest BCUT2D eigenvalue weighted by atomic mass is 10.0. The summed E-state index contributed by atoms with van der Waals surface area (Å²) in [6.07, 6.45) is 2.83. The summed E-state index contributed by atoms with van der Waals surface area (Å²) < 4.78 is 10.9. The fraction of sp³-hybridized carbons (Fsp3) is 0.542. The van der Waals surface area contributed by atoms with E-state index in [-0.39, 0.29) is 19.1 Å². The molecule has 3 N–H and O–H groups in total. The summed E-state index contributed by atoms with van der Waals surface area (Å²) in [5.74, 6) is -0.275. The van der Waals surface area contributed by atoms with Crippen LogP contribution in [0.3, 0.4) is 0 Å². The summed E-state index contributed by atoms with van der Waals surface area (Å²) in [5, 5.41) is 1.07. The number of hydrogen-bond donors (Lipinski definition) is 2. The third-order valence-corrected chi connectivity index (χ3v) is 4.79. The highest BCUT2D eigenvalue weighted by Gasteiger charge is 2.33. The van der Waals surface area contributed by atoms with Crippen molar-refractivity contribution in [3.05, 3.63) is 48.0 Å². The Bertz CT molecular complexity index is 835. The molecule has 2 rings (SSSR count). The van der Waals surface area contributed by atoms with Crippen LogP contribution in [-0.2, 0) is 20.9 Å². The monoisotopic (exact) mass is 460 g/mol. The number of hydrazine groups is 1. The summed E-state index contributed by atoms with van der Waals surface area (Å²) in [6, 6.07) is 8.09. The molecule has 182 valence electrons. The molecule has 0 spiro atoms. The number of amides is 3. The Labute approximate surface area is 195 Å². The van der Waals surface area contributed by atoms with E-state index in [9.17, 15) is 14.4 Å². The zero-order valence-electron chi connectivity index (χ0n) is 20.1. The fourth-order valence-electron chi connectivity index (χ4n) is 3.24. The van der Waals surface area contributed by atoms with Gasteiger partial charge in [0.05, 0.1) is 18.6 Å². The van der Waals surface area contributed by atoms with Gasteiger partial charge >= 0.3 is 12.2 Å². The van der Waals surface area contributed by atoms with E-state index < -0.39 is 35.8 Å². The minimum absolute atomic E-state index is 0.00795. The van der Waals surface area contributed by atoms with E-state index in [0.717, 1.165) is 10.6 Å². The van der Waals surface area contributed by atoms with Crippen molar-refractivity contribution in [1.82, 2.24) is 15.3 Å². The number of rotatable bonds is 7. The molecule has 1 aliphatic heterocycles. The van der Waals surface area contributed by atoms with Crippen LogP contribution in [0.25, 0.3) is 0 Å². The third kappa shape index (κ3) is 8.76. The Morgan fingerprint density at radius 1 is 1.21 bits per heavy atom. The van der Waals surface area contributed by atoms with E-state index in [0.29, 0.717) is 13.0 Å². The zero-order valence-corrected chi connectivity index (χ0v) is 20.1. The lowest BCUT2D eigenvalue weighted by molar-refractivity contribution is -0.127. The maximum absolute atomic E-state index is 12.8. The Balaban J connectivity index is 2.07. The molecule has 0 radical (unpaired) electrons. The molecule has 0 aromatic heterocycles. The molecular formula is C24H36N4O5. The number of benzene rings is 1. The van der Waals surface area contributed by atoms with Crippen molar-refractivity contribution >= 4 is 18.1 Å². The summed E-state index contributed by atoms with van der Waals surface area (Å²) in [4.78, 5) is 39.6. The summed E-state index contributed by atoms with van der Waals surface area (Å²) in [5.41, 5.74) is 8.66. The lowest BCUT2D eigenvalue weighted by Gasteiger charge is -2.32. The highest BCUT2D eigenvalue weighted by atomic mass is 16.6. The Morgan fingerprint density at radius 3 is 2.48 bits per heavy atom. The van der Waals surface area contributed by atoms with Gasteiger partial charge in [-0.05, 0) is 38.7 Å². The molecule has 1 heterocycles. The van der Waals surface area contributed by atoms with Crippen LogP contribution in [0, 0.1) is 5.92 Å². The van der Waals surface area contributed by atoms with Crippen LogP contribution in [0.15, 0.2) is 42.5 Å². The molecule has 1 aromatic carbocycles. The van der Waals surface area contributed by atoms with Gasteiger partial charge in [0.25, 0.3) is 5.91 Å². The predicted octanol–water partition coefficient (Wildman–Crippen LogP) is 3.21. The number of nitrogens with two attached hydrogens (primary N) is 1. The molecule has 0 aliphatic carbocycles. The number of carbonyl (C=O) groups is 3. The van der Waals surface area contributed by atoms with E-state index in [1.54, 1.807) is 26.8 Å². The SMILES string of the molecule is CC(C)C[C@H](N)C(=O)NN(C[C@@H]1C=CCN1C(=O)OCc1ccccc1)C(=O)OC(C)(C)C. The number of ether oxygens (including phenoxy) is 2. The first-order chi connectivity index (χ1) is 15.5. The maximum atomic E-state index is 12.8. The first-order valence-electron chi connectivity index (χ1n) is 11.2. The average molecular weight is 461 g/mol. The van der Waals surface area contributed by atoms with Gasteiger partial charge in [0, 0.05) is 6.54 Å². The van der Waals surface area contributed by atoms with E-state index in [2.05, 4.69) is 5.43 Å². The van der Waals surface area contributed by atoms with Crippen LogP contribution in [-0.4, -0.2) is 58.8 Å². The molecule has 9 heteroatoms. The highest BCUT2D eigenvalue weighted by Crippen LogP contribution is 2.16. The van der Waals surface area contributed by atoms with Gasteiger partial charge in [-0.1, -0.05) is 56.3 Å². The second-order valence-electron chi connectivity index (χ2n) is 9.49. The first-order valence-corrected chi connectivity index (χ1v) is 11.2. The van der Waals surface area contributed by atoms with Crippen LogP contribution >= 0.6 is 0 Å². The van der Waals surface area contributed by atoms with E-state index >= 15 is 0 Å². The highest BCUT2D eigenvalue weighted by molar-refractivity contribution is 5.83. The molecular weight excluding hydrogens is 424 g/mol. The minimum Gasteiger partial charge on any atom is -0.445 e. The number of carbonyl (C=O) groups excluding carboxylic acids is 3. The van der Waals surface area contributed by atoms with Crippen LogP contribution in [0.5, 0.6) is 0 Å². The molecule has 0 fully saturated rings. The van der Waals surface area contributed by atoms with Gasteiger partial charge in [-0.2, -0.15) is 0 Å². The Morgan fingerprint density at radius 2 is 1.88 bits per heavy atom. The van der Waals surface area contributed by atoms with Crippen molar-refractivity contribution in [2.45, 2.75) is 65.3 Å². The summed E-state index contributed by atoms with van der Waals surface area (Å²) in [6.45, 7) is 9.59. The van der Waals surface area contributed by atoms with Crippen molar-refractivity contribution in [3.63, 3.8) is 0 Å². The van der Waals surface area contributed by atoms with E-state index in [4.69, 9.17) is 15.2 Å². The van der Waals surface area contributed by atoms with Gasteiger partial charge in [0.1, 0.15) is 12.2 Å². The van der Waals surface area contributed by atoms with Crippen LogP contribution < -0.4 is 11.2 Å². The second kappa shape index (κ2) is 11.7. The molecule has 0 bridgehead atoms.